The summed E-state index contributed by atoms with van der Waals surface area (Å²) in [6, 6.07) is 3.91. The van der Waals surface area contributed by atoms with Crippen molar-refractivity contribution in [1.29, 1.82) is 10.7 Å². The molecule has 0 bridgehead atoms. The van der Waals surface area contributed by atoms with Crippen molar-refractivity contribution in [3.8, 4) is 6.07 Å². The summed E-state index contributed by atoms with van der Waals surface area (Å²) in [6.45, 7) is 0. The molecule has 1 heterocycles. The number of hydrogen-bond acceptors (Lipinski definition) is 4. The number of nitriles is 1. The normalized spacial score (nSPS) is 8.73. The summed E-state index contributed by atoms with van der Waals surface area (Å²) >= 11 is 1.24. The van der Waals surface area contributed by atoms with Crippen LogP contribution in [-0.2, 0) is 12.2 Å². The monoisotopic (exact) mass is 242 g/mol. The van der Waals surface area contributed by atoms with E-state index in [1.807, 2.05) is 6.07 Å². The third kappa shape index (κ3) is 4.68. The lowest BCUT2D eigenvalue weighted by Crippen LogP contribution is -2.04. The van der Waals surface area contributed by atoms with E-state index < -0.39 is 0 Å². The van der Waals surface area contributed by atoms with Gasteiger partial charge in [-0.25, -0.2) is 0 Å². The molecular weight excluding hydrogens is 232 g/mol. The maximum absolute atomic E-state index is 8.58. The molecule has 15 heavy (non-hydrogen) atoms. The maximum Gasteiger partial charge on any atom is 0.151 e. The van der Waals surface area contributed by atoms with Gasteiger partial charge in [0.2, 0.25) is 0 Å². The van der Waals surface area contributed by atoms with E-state index in [0.29, 0.717) is 12.2 Å². The number of rotatable bonds is 3. The molecule has 4 nitrogen and oxygen atoms in total. The number of nitrogens with two attached hydrogens (primary N) is 1. The molecule has 0 aliphatic carbocycles. The van der Waals surface area contributed by atoms with Crippen molar-refractivity contribution in [1.82, 2.24) is 4.98 Å². The van der Waals surface area contributed by atoms with Crippen molar-refractivity contribution in [2.45, 2.75) is 12.2 Å². The molecule has 3 N–H and O–H groups in total. The topological polar surface area (TPSA) is 86.5 Å². The molecule has 0 saturated heterocycles. The van der Waals surface area contributed by atoms with Gasteiger partial charge in [0, 0.05) is 18.1 Å². The van der Waals surface area contributed by atoms with Crippen LogP contribution in [-0.4, -0.2) is 10.2 Å². The second-order valence-corrected chi connectivity index (χ2v) is 3.65. The average molecular weight is 243 g/mol. The minimum Gasteiger partial charge on any atom is -0.379 e. The average Bonchev–Trinajstić information content (AvgIpc) is 2.17. The fourth-order valence-corrected chi connectivity index (χ4v) is 1.57. The van der Waals surface area contributed by atoms with Gasteiger partial charge in [-0.2, -0.15) is 5.26 Å². The number of pyridine rings is 1. The summed E-state index contributed by atoms with van der Waals surface area (Å²) in [5, 5.41) is 15.7. The highest BCUT2D eigenvalue weighted by Gasteiger charge is 2.02. The largest absolute Gasteiger partial charge is 0.379 e. The number of nitrogens with one attached hydrogen (secondary N) is 1. The van der Waals surface area contributed by atoms with Gasteiger partial charge in [0.25, 0.3) is 0 Å². The van der Waals surface area contributed by atoms with Crippen molar-refractivity contribution < 1.29 is 0 Å². The fraction of sp³-hybridized carbons (Fsp3) is 0.222. The number of aromatic nitrogens is 1. The molecule has 0 fully saturated rings. The van der Waals surface area contributed by atoms with E-state index in [1.165, 1.54) is 11.8 Å². The molecule has 6 heteroatoms. The van der Waals surface area contributed by atoms with Gasteiger partial charge in [0.05, 0.1) is 12.5 Å². The van der Waals surface area contributed by atoms with E-state index >= 15 is 0 Å². The summed E-state index contributed by atoms with van der Waals surface area (Å²) in [4.78, 5) is 3.97. The van der Waals surface area contributed by atoms with Crippen molar-refractivity contribution in [3.05, 3.63) is 29.6 Å². The van der Waals surface area contributed by atoms with Crippen LogP contribution in [0.15, 0.2) is 18.5 Å². The predicted octanol–water partition coefficient (Wildman–Crippen LogP) is 1.70. The number of nitrogens with zero attached hydrogens (tertiary/aromatic N) is 2. The van der Waals surface area contributed by atoms with E-state index in [2.05, 4.69) is 11.1 Å². The molecule has 0 aliphatic heterocycles. The van der Waals surface area contributed by atoms with Crippen LogP contribution in [0, 0.1) is 16.7 Å². The van der Waals surface area contributed by atoms with E-state index in [0.717, 1.165) is 11.1 Å². The molecule has 0 saturated carbocycles. The lowest BCUT2D eigenvalue weighted by Gasteiger charge is -2.04. The van der Waals surface area contributed by atoms with Gasteiger partial charge in [0.1, 0.15) is 0 Å². The summed E-state index contributed by atoms with van der Waals surface area (Å²) in [7, 11) is 0. The summed E-state index contributed by atoms with van der Waals surface area (Å²) in [5.41, 5.74) is 7.15. The minimum atomic E-state index is 0. The highest BCUT2D eigenvalue weighted by molar-refractivity contribution is 8.13. The van der Waals surface area contributed by atoms with Crippen LogP contribution in [0.2, 0.25) is 0 Å². The molecule has 0 amide bonds. The van der Waals surface area contributed by atoms with Gasteiger partial charge in [-0.1, -0.05) is 11.8 Å². The zero-order valence-electron chi connectivity index (χ0n) is 7.93. The Labute approximate surface area is 98.8 Å². The maximum atomic E-state index is 8.58. The lowest BCUT2D eigenvalue weighted by atomic mass is 10.1. The first-order chi connectivity index (χ1) is 6.74. The standard InChI is InChI=1S/C9H10N4S.ClH/c10-3-1-7-2-4-13-5-8(7)6-14-9(11)12;/h2,4-5H,1,6H2,(H3,11,12);1H. The van der Waals surface area contributed by atoms with Crippen LogP contribution in [0.4, 0.5) is 0 Å². The highest BCUT2D eigenvalue weighted by atomic mass is 35.5. The minimum absolute atomic E-state index is 0. The Hall–Kier alpha value is -1.25. The fourth-order valence-electron chi connectivity index (χ4n) is 0.999. The van der Waals surface area contributed by atoms with Crippen LogP contribution in [0.5, 0.6) is 0 Å². The Kier molecular flexibility index (Phi) is 6.50. The van der Waals surface area contributed by atoms with E-state index in [9.17, 15) is 0 Å². The first-order valence-corrected chi connectivity index (χ1v) is 4.98. The lowest BCUT2D eigenvalue weighted by molar-refractivity contribution is 1.14. The second kappa shape index (κ2) is 7.10. The van der Waals surface area contributed by atoms with Crippen LogP contribution in [0.3, 0.4) is 0 Å². The summed E-state index contributed by atoms with van der Waals surface area (Å²) in [5.74, 6) is 0.597. The van der Waals surface area contributed by atoms with Gasteiger partial charge in [-0.3, -0.25) is 10.4 Å². The van der Waals surface area contributed by atoms with Gasteiger partial charge in [-0.15, -0.1) is 12.4 Å². The van der Waals surface area contributed by atoms with Crippen molar-refractivity contribution in [3.63, 3.8) is 0 Å². The third-order valence-corrected chi connectivity index (χ3v) is 2.42. The Morgan fingerprint density at radius 1 is 1.60 bits per heavy atom. The molecular formula is C9H11ClN4S. The van der Waals surface area contributed by atoms with Crippen LogP contribution < -0.4 is 5.73 Å². The highest BCUT2D eigenvalue weighted by Crippen LogP contribution is 2.15. The van der Waals surface area contributed by atoms with E-state index in [-0.39, 0.29) is 17.6 Å². The zero-order chi connectivity index (χ0) is 10.4. The van der Waals surface area contributed by atoms with Crippen LogP contribution in [0.25, 0.3) is 0 Å². The Morgan fingerprint density at radius 3 is 2.93 bits per heavy atom. The van der Waals surface area contributed by atoms with Gasteiger partial charge < -0.3 is 5.73 Å². The molecule has 0 atom stereocenters. The Bertz CT molecular complexity index is 375. The first kappa shape index (κ1) is 13.8. The Morgan fingerprint density at radius 2 is 2.33 bits per heavy atom. The molecule has 0 radical (unpaired) electrons. The van der Waals surface area contributed by atoms with Gasteiger partial charge in [-0.05, 0) is 17.2 Å². The first-order valence-electron chi connectivity index (χ1n) is 3.99. The Balaban J connectivity index is 0.00000196. The third-order valence-electron chi connectivity index (χ3n) is 1.66. The SMILES string of the molecule is Cl.N#CCc1ccncc1CSC(=N)N. The molecule has 1 rings (SSSR count). The summed E-state index contributed by atoms with van der Waals surface area (Å²) in [6.07, 6.45) is 3.74. The predicted molar refractivity (Wildman–Crippen MR) is 64.0 cm³/mol. The number of halogens is 1. The van der Waals surface area contributed by atoms with Crippen molar-refractivity contribution in [2.75, 3.05) is 0 Å². The van der Waals surface area contributed by atoms with Crippen LogP contribution in [0.1, 0.15) is 11.1 Å². The van der Waals surface area contributed by atoms with Gasteiger partial charge >= 0.3 is 0 Å². The van der Waals surface area contributed by atoms with Crippen LogP contribution >= 0.6 is 24.2 Å². The summed E-state index contributed by atoms with van der Waals surface area (Å²) < 4.78 is 0. The van der Waals surface area contributed by atoms with Crippen molar-refractivity contribution >= 4 is 29.3 Å². The molecule has 0 spiro atoms. The molecule has 1 aromatic rings. The zero-order valence-corrected chi connectivity index (χ0v) is 9.57. The molecule has 1 aromatic heterocycles. The molecule has 0 aromatic carbocycles. The number of amidine groups is 1. The smallest absolute Gasteiger partial charge is 0.151 e. The molecule has 0 unspecified atom stereocenters. The van der Waals surface area contributed by atoms with E-state index in [1.54, 1.807) is 12.4 Å². The quantitative estimate of drug-likeness (QED) is 0.624. The van der Waals surface area contributed by atoms with E-state index in [4.69, 9.17) is 16.4 Å². The molecule has 80 valence electrons. The number of hydrogen-bond donors (Lipinski definition) is 2. The second-order valence-electron chi connectivity index (χ2n) is 2.63. The van der Waals surface area contributed by atoms with Gasteiger partial charge in [0.15, 0.2) is 5.17 Å². The van der Waals surface area contributed by atoms with Crippen molar-refractivity contribution in [2.24, 2.45) is 5.73 Å². The number of thioether (sulfide) groups is 1. The molecule has 0 aliphatic rings.